The highest BCUT2D eigenvalue weighted by molar-refractivity contribution is 6.30. The topological polar surface area (TPSA) is 74.0 Å². The summed E-state index contributed by atoms with van der Waals surface area (Å²) in [6.45, 7) is 2.43. The zero-order chi connectivity index (χ0) is 17.8. The van der Waals surface area contributed by atoms with Gasteiger partial charge in [0.25, 0.3) is 5.91 Å². The van der Waals surface area contributed by atoms with E-state index in [4.69, 9.17) is 16.3 Å². The van der Waals surface area contributed by atoms with Crippen molar-refractivity contribution in [3.63, 3.8) is 0 Å². The molecule has 25 heavy (non-hydrogen) atoms. The number of ether oxygens (including phenoxy) is 1. The van der Waals surface area contributed by atoms with Gasteiger partial charge in [0.2, 0.25) is 0 Å². The van der Waals surface area contributed by atoms with Crippen LogP contribution >= 0.6 is 11.6 Å². The smallest absolute Gasteiger partial charge is 0.270 e. The molecule has 0 spiro atoms. The molecule has 0 aliphatic rings. The zero-order valence-corrected chi connectivity index (χ0v) is 14.7. The zero-order valence-electron chi connectivity index (χ0n) is 13.9. The molecular formula is C17H18ClN5O2. The number of hydrogen-bond donors (Lipinski definition) is 1. The van der Waals surface area contributed by atoms with Crippen molar-refractivity contribution in [2.45, 2.75) is 20.2 Å². The van der Waals surface area contributed by atoms with Gasteiger partial charge in [-0.25, -0.2) is 4.68 Å². The lowest BCUT2D eigenvalue weighted by atomic mass is 10.3. The van der Waals surface area contributed by atoms with E-state index in [-0.39, 0.29) is 12.6 Å². The number of aromatic nitrogens is 4. The summed E-state index contributed by atoms with van der Waals surface area (Å²) in [5, 5.41) is 11.9. The number of hydrogen-bond acceptors (Lipinski definition) is 4. The van der Waals surface area contributed by atoms with E-state index < -0.39 is 0 Å². The number of amides is 1. The first-order chi connectivity index (χ1) is 12.0. The van der Waals surface area contributed by atoms with Crippen LogP contribution in [0.3, 0.4) is 0 Å². The molecule has 0 atom stereocenters. The number of aryl methyl sites for hydroxylation is 2. The summed E-state index contributed by atoms with van der Waals surface area (Å²) < 4.78 is 8.87. The Hall–Kier alpha value is -2.80. The molecule has 0 saturated heterocycles. The van der Waals surface area contributed by atoms with E-state index in [1.807, 2.05) is 20.0 Å². The van der Waals surface area contributed by atoms with Gasteiger partial charge in [0.15, 0.2) is 6.73 Å². The van der Waals surface area contributed by atoms with Crippen molar-refractivity contribution >= 4 is 17.5 Å². The third kappa shape index (κ3) is 4.19. The Balaban J connectivity index is 1.61. The first-order valence-corrected chi connectivity index (χ1v) is 8.08. The SMILES string of the molecule is Cc1cc(CNC(=O)c2ccnn2COc2ccc(Cl)cc2)n(C)n1. The minimum absolute atomic E-state index is 0.127. The Morgan fingerprint density at radius 2 is 2.04 bits per heavy atom. The molecule has 3 rings (SSSR count). The molecule has 0 aliphatic carbocycles. The van der Waals surface area contributed by atoms with Crippen LogP contribution in [-0.4, -0.2) is 25.5 Å². The van der Waals surface area contributed by atoms with Gasteiger partial charge in [0.1, 0.15) is 11.4 Å². The molecule has 0 radical (unpaired) electrons. The fourth-order valence-corrected chi connectivity index (χ4v) is 2.51. The summed E-state index contributed by atoms with van der Waals surface area (Å²) in [5.41, 5.74) is 2.26. The lowest BCUT2D eigenvalue weighted by Crippen LogP contribution is -2.27. The van der Waals surface area contributed by atoms with Crippen molar-refractivity contribution in [2.24, 2.45) is 7.05 Å². The molecule has 0 aliphatic heterocycles. The van der Waals surface area contributed by atoms with Crippen LogP contribution in [-0.2, 0) is 20.3 Å². The fourth-order valence-electron chi connectivity index (χ4n) is 2.39. The number of benzene rings is 1. The Labute approximate surface area is 150 Å². The third-order valence-corrected chi connectivity index (χ3v) is 3.90. The van der Waals surface area contributed by atoms with E-state index in [9.17, 15) is 4.79 Å². The number of nitrogens with zero attached hydrogens (tertiary/aromatic N) is 4. The molecular weight excluding hydrogens is 342 g/mol. The van der Waals surface area contributed by atoms with Crippen LogP contribution in [0.25, 0.3) is 0 Å². The van der Waals surface area contributed by atoms with Crippen LogP contribution in [0.1, 0.15) is 21.9 Å². The van der Waals surface area contributed by atoms with Gasteiger partial charge in [0.05, 0.1) is 17.9 Å². The normalized spacial score (nSPS) is 10.7. The van der Waals surface area contributed by atoms with Gasteiger partial charge in [-0.1, -0.05) is 11.6 Å². The number of nitrogens with one attached hydrogen (secondary N) is 1. The number of halogens is 1. The van der Waals surface area contributed by atoms with Crippen LogP contribution in [0.4, 0.5) is 0 Å². The minimum atomic E-state index is -0.226. The van der Waals surface area contributed by atoms with Gasteiger partial charge in [-0.05, 0) is 43.3 Å². The quantitative estimate of drug-likeness (QED) is 0.734. The van der Waals surface area contributed by atoms with Crippen molar-refractivity contribution in [2.75, 3.05) is 0 Å². The van der Waals surface area contributed by atoms with Gasteiger partial charge >= 0.3 is 0 Å². The second kappa shape index (κ2) is 7.40. The molecule has 1 aromatic carbocycles. The largest absolute Gasteiger partial charge is 0.471 e. The van der Waals surface area contributed by atoms with Crippen molar-refractivity contribution < 1.29 is 9.53 Å². The summed E-state index contributed by atoms with van der Waals surface area (Å²) in [6.07, 6.45) is 1.56. The Bertz CT molecular complexity index is 870. The maximum atomic E-state index is 12.4. The lowest BCUT2D eigenvalue weighted by molar-refractivity contribution is 0.0928. The second-order valence-electron chi connectivity index (χ2n) is 5.53. The predicted molar refractivity (Wildman–Crippen MR) is 93.4 cm³/mol. The molecule has 0 fully saturated rings. The van der Waals surface area contributed by atoms with Gasteiger partial charge in [-0.15, -0.1) is 0 Å². The van der Waals surface area contributed by atoms with Crippen LogP contribution in [0.15, 0.2) is 42.6 Å². The highest BCUT2D eigenvalue weighted by Crippen LogP contribution is 2.16. The monoisotopic (exact) mass is 359 g/mol. The summed E-state index contributed by atoms with van der Waals surface area (Å²) in [6, 6.07) is 10.6. The van der Waals surface area contributed by atoms with Crippen molar-refractivity contribution in [1.29, 1.82) is 0 Å². The maximum absolute atomic E-state index is 12.4. The molecule has 0 saturated carbocycles. The number of carbonyl (C=O) groups is 1. The van der Waals surface area contributed by atoms with E-state index in [1.165, 1.54) is 4.68 Å². The minimum Gasteiger partial charge on any atom is -0.471 e. The van der Waals surface area contributed by atoms with Crippen molar-refractivity contribution in [1.82, 2.24) is 24.9 Å². The molecule has 8 heteroatoms. The Morgan fingerprint density at radius 3 is 2.72 bits per heavy atom. The molecule has 7 nitrogen and oxygen atoms in total. The molecule has 2 aromatic heterocycles. The van der Waals surface area contributed by atoms with E-state index in [0.29, 0.717) is 23.0 Å². The molecule has 0 unspecified atom stereocenters. The van der Waals surface area contributed by atoms with E-state index in [1.54, 1.807) is 41.2 Å². The van der Waals surface area contributed by atoms with Crippen molar-refractivity contribution in [3.05, 3.63) is 64.7 Å². The fraction of sp³-hybridized carbons (Fsp3) is 0.235. The number of rotatable bonds is 6. The summed E-state index contributed by atoms with van der Waals surface area (Å²) in [7, 11) is 1.85. The standard InChI is InChI=1S/C17H18ClN5O2/c1-12-9-14(22(2)21-12)10-19-17(24)16-7-8-20-23(16)11-25-15-5-3-13(18)4-6-15/h3-9H,10-11H2,1-2H3,(H,19,24). The van der Waals surface area contributed by atoms with Gasteiger partial charge in [0, 0.05) is 18.3 Å². The maximum Gasteiger partial charge on any atom is 0.270 e. The molecule has 130 valence electrons. The molecule has 1 amide bonds. The lowest BCUT2D eigenvalue weighted by Gasteiger charge is -2.10. The van der Waals surface area contributed by atoms with Crippen LogP contribution in [0, 0.1) is 6.92 Å². The highest BCUT2D eigenvalue weighted by Gasteiger charge is 2.13. The summed E-state index contributed by atoms with van der Waals surface area (Å²) in [4.78, 5) is 12.4. The van der Waals surface area contributed by atoms with Crippen LogP contribution in [0.2, 0.25) is 5.02 Å². The van der Waals surface area contributed by atoms with Crippen molar-refractivity contribution in [3.8, 4) is 5.75 Å². The average Bonchev–Trinajstić information content (AvgIpc) is 3.18. The number of carbonyl (C=O) groups excluding carboxylic acids is 1. The third-order valence-electron chi connectivity index (χ3n) is 3.65. The van der Waals surface area contributed by atoms with E-state index in [0.717, 1.165) is 11.4 Å². The molecule has 3 aromatic rings. The van der Waals surface area contributed by atoms with Gasteiger partial charge < -0.3 is 10.1 Å². The van der Waals surface area contributed by atoms with Gasteiger partial charge in [-0.3, -0.25) is 9.48 Å². The molecule has 0 bridgehead atoms. The predicted octanol–water partition coefficient (Wildman–Crippen LogP) is 2.54. The Morgan fingerprint density at radius 1 is 1.28 bits per heavy atom. The van der Waals surface area contributed by atoms with Gasteiger partial charge in [-0.2, -0.15) is 10.2 Å². The van der Waals surface area contributed by atoms with Crippen LogP contribution < -0.4 is 10.1 Å². The Kier molecular flexibility index (Phi) is 5.04. The van der Waals surface area contributed by atoms with Crippen LogP contribution in [0.5, 0.6) is 5.75 Å². The second-order valence-corrected chi connectivity index (χ2v) is 5.96. The first kappa shape index (κ1) is 17.0. The summed E-state index contributed by atoms with van der Waals surface area (Å²) >= 11 is 5.84. The average molecular weight is 360 g/mol. The van der Waals surface area contributed by atoms with E-state index in [2.05, 4.69) is 15.5 Å². The molecule has 1 N–H and O–H groups in total. The summed E-state index contributed by atoms with van der Waals surface area (Å²) in [5.74, 6) is 0.424. The highest BCUT2D eigenvalue weighted by atomic mass is 35.5. The van der Waals surface area contributed by atoms with E-state index >= 15 is 0 Å². The first-order valence-electron chi connectivity index (χ1n) is 7.71. The molecule has 2 heterocycles.